The molecule has 0 fully saturated rings. The van der Waals surface area contributed by atoms with Gasteiger partial charge in [0.15, 0.2) is 0 Å². The zero-order valence-electron chi connectivity index (χ0n) is 9.74. The summed E-state index contributed by atoms with van der Waals surface area (Å²) in [5.41, 5.74) is 6.11. The largest absolute Gasteiger partial charge is 0.397 e. The van der Waals surface area contributed by atoms with Crippen LogP contribution in [0.5, 0.6) is 0 Å². The quantitative estimate of drug-likeness (QED) is 0.695. The van der Waals surface area contributed by atoms with Crippen LogP contribution in [0.4, 0.5) is 5.69 Å². The number of hydrogen-bond donors (Lipinski definition) is 3. The van der Waals surface area contributed by atoms with Crippen molar-refractivity contribution in [2.24, 2.45) is 0 Å². The van der Waals surface area contributed by atoms with E-state index in [2.05, 4.69) is 10.3 Å². The Balaban J connectivity index is 2.77. The van der Waals surface area contributed by atoms with Crippen LogP contribution in [0.25, 0.3) is 0 Å². The highest BCUT2D eigenvalue weighted by Gasteiger charge is 2.16. The highest BCUT2D eigenvalue weighted by atomic mass is 16.3. The molecule has 1 aromatic rings. The van der Waals surface area contributed by atoms with Gasteiger partial charge in [-0.1, -0.05) is 0 Å². The molecular weight excluding hydrogens is 206 g/mol. The van der Waals surface area contributed by atoms with Crippen molar-refractivity contribution in [1.29, 1.82) is 0 Å². The van der Waals surface area contributed by atoms with Crippen LogP contribution in [0.3, 0.4) is 0 Å². The summed E-state index contributed by atoms with van der Waals surface area (Å²) in [4.78, 5) is 15.7. The SMILES string of the molecule is Cc1ncc(N)cc1C(=O)NCC(C)(C)O. The van der Waals surface area contributed by atoms with Crippen molar-refractivity contribution in [2.45, 2.75) is 26.4 Å². The van der Waals surface area contributed by atoms with Crippen LogP contribution in [0.2, 0.25) is 0 Å². The van der Waals surface area contributed by atoms with Crippen LogP contribution in [0, 0.1) is 6.92 Å². The summed E-state index contributed by atoms with van der Waals surface area (Å²) in [7, 11) is 0. The molecule has 0 aliphatic heterocycles. The van der Waals surface area contributed by atoms with E-state index in [-0.39, 0.29) is 12.5 Å². The van der Waals surface area contributed by atoms with Crippen molar-refractivity contribution in [1.82, 2.24) is 10.3 Å². The van der Waals surface area contributed by atoms with Crippen molar-refractivity contribution >= 4 is 11.6 Å². The van der Waals surface area contributed by atoms with E-state index in [1.807, 2.05) is 0 Å². The number of nitrogens with one attached hydrogen (secondary N) is 1. The first-order valence-corrected chi connectivity index (χ1v) is 5.02. The molecule has 0 aliphatic rings. The Kier molecular flexibility index (Phi) is 3.49. The van der Waals surface area contributed by atoms with Gasteiger partial charge in [0.1, 0.15) is 0 Å². The summed E-state index contributed by atoms with van der Waals surface area (Å²) in [5, 5.41) is 12.1. The van der Waals surface area contributed by atoms with Crippen LogP contribution >= 0.6 is 0 Å². The second-order valence-electron chi connectivity index (χ2n) is 4.40. The number of rotatable bonds is 3. The molecular formula is C11H17N3O2. The number of hydrogen-bond acceptors (Lipinski definition) is 4. The van der Waals surface area contributed by atoms with Crippen LogP contribution < -0.4 is 11.1 Å². The van der Waals surface area contributed by atoms with Gasteiger partial charge in [-0.3, -0.25) is 9.78 Å². The number of aliphatic hydroxyl groups is 1. The van der Waals surface area contributed by atoms with Gasteiger partial charge in [-0.05, 0) is 26.8 Å². The molecule has 0 radical (unpaired) electrons. The maximum Gasteiger partial charge on any atom is 0.253 e. The number of amides is 1. The van der Waals surface area contributed by atoms with Gasteiger partial charge >= 0.3 is 0 Å². The number of nitrogens with two attached hydrogens (primary N) is 1. The Morgan fingerprint density at radius 3 is 2.81 bits per heavy atom. The van der Waals surface area contributed by atoms with E-state index in [0.29, 0.717) is 16.9 Å². The zero-order valence-corrected chi connectivity index (χ0v) is 9.74. The number of nitrogen functional groups attached to an aromatic ring is 1. The Morgan fingerprint density at radius 2 is 2.25 bits per heavy atom. The number of carbonyl (C=O) groups excluding carboxylic acids is 1. The molecule has 1 aromatic heterocycles. The molecule has 16 heavy (non-hydrogen) atoms. The molecule has 1 heterocycles. The molecule has 4 N–H and O–H groups in total. The number of aromatic nitrogens is 1. The van der Waals surface area contributed by atoms with Gasteiger partial charge < -0.3 is 16.2 Å². The molecule has 0 unspecified atom stereocenters. The van der Waals surface area contributed by atoms with Crippen molar-refractivity contribution in [3.63, 3.8) is 0 Å². The fourth-order valence-electron chi connectivity index (χ4n) is 1.17. The minimum absolute atomic E-state index is 0.181. The fourth-order valence-corrected chi connectivity index (χ4v) is 1.17. The van der Waals surface area contributed by atoms with E-state index < -0.39 is 5.60 Å². The van der Waals surface area contributed by atoms with Crippen LogP contribution in [0.1, 0.15) is 29.9 Å². The van der Waals surface area contributed by atoms with Crippen LogP contribution in [0.15, 0.2) is 12.3 Å². The molecule has 88 valence electrons. The van der Waals surface area contributed by atoms with Crippen LogP contribution in [-0.4, -0.2) is 28.1 Å². The van der Waals surface area contributed by atoms with E-state index in [1.165, 1.54) is 6.20 Å². The fraction of sp³-hybridized carbons (Fsp3) is 0.455. The predicted octanol–water partition coefficient (Wildman–Crippen LogP) is 0.473. The highest BCUT2D eigenvalue weighted by molar-refractivity contribution is 5.95. The summed E-state index contributed by atoms with van der Waals surface area (Å²) < 4.78 is 0. The molecule has 1 rings (SSSR count). The van der Waals surface area contributed by atoms with Gasteiger partial charge in [-0.15, -0.1) is 0 Å². The predicted molar refractivity (Wildman–Crippen MR) is 62.0 cm³/mol. The maximum absolute atomic E-state index is 11.7. The molecule has 0 aromatic carbocycles. The van der Waals surface area contributed by atoms with Gasteiger partial charge in [0.05, 0.1) is 28.7 Å². The zero-order chi connectivity index (χ0) is 12.3. The maximum atomic E-state index is 11.7. The molecule has 1 amide bonds. The summed E-state index contributed by atoms with van der Waals surface area (Å²) in [5.74, 6) is -0.278. The van der Waals surface area contributed by atoms with Gasteiger partial charge in [-0.25, -0.2) is 0 Å². The number of anilines is 1. The number of aryl methyl sites for hydroxylation is 1. The van der Waals surface area contributed by atoms with Gasteiger partial charge in [-0.2, -0.15) is 0 Å². The molecule has 0 saturated carbocycles. The minimum Gasteiger partial charge on any atom is -0.397 e. The lowest BCUT2D eigenvalue weighted by atomic mass is 10.1. The molecule has 0 saturated heterocycles. The Labute approximate surface area is 94.7 Å². The summed E-state index contributed by atoms with van der Waals surface area (Å²) in [6.45, 7) is 5.16. The van der Waals surface area contributed by atoms with Gasteiger partial charge in [0.2, 0.25) is 0 Å². The summed E-state index contributed by atoms with van der Waals surface area (Å²) in [6.07, 6.45) is 1.50. The lowest BCUT2D eigenvalue weighted by Crippen LogP contribution is -2.38. The van der Waals surface area contributed by atoms with Gasteiger partial charge in [0, 0.05) is 6.54 Å². The van der Waals surface area contributed by atoms with Crippen LogP contribution in [-0.2, 0) is 0 Å². The Morgan fingerprint density at radius 1 is 1.62 bits per heavy atom. The number of carbonyl (C=O) groups is 1. The van der Waals surface area contributed by atoms with E-state index in [0.717, 1.165) is 0 Å². The van der Waals surface area contributed by atoms with E-state index in [9.17, 15) is 9.90 Å². The molecule has 5 nitrogen and oxygen atoms in total. The molecule has 0 bridgehead atoms. The van der Waals surface area contributed by atoms with E-state index in [4.69, 9.17) is 5.73 Å². The topological polar surface area (TPSA) is 88.2 Å². The Bertz CT molecular complexity index is 397. The minimum atomic E-state index is -0.933. The normalized spacial score (nSPS) is 11.2. The third-order valence-corrected chi connectivity index (χ3v) is 2.03. The molecule has 0 aliphatic carbocycles. The second kappa shape index (κ2) is 4.49. The monoisotopic (exact) mass is 223 g/mol. The first kappa shape index (κ1) is 12.4. The molecule has 5 heteroatoms. The van der Waals surface area contributed by atoms with Crippen molar-refractivity contribution in [3.8, 4) is 0 Å². The van der Waals surface area contributed by atoms with E-state index >= 15 is 0 Å². The first-order chi connectivity index (χ1) is 7.29. The average Bonchev–Trinajstić information content (AvgIpc) is 2.17. The average molecular weight is 223 g/mol. The van der Waals surface area contributed by atoms with Crippen molar-refractivity contribution < 1.29 is 9.90 Å². The Hall–Kier alpha value is -1.62. The molecule has 0 atom stereocenters. The third kappa shape index (κ3) is 3.51. The van der Waals surface area contributed by atoms with E-state index in [1.54, 1.807) is 26.8 Å². The van der Waals surface area contributed by atoms with Gasteiger partial charge in [0.25, 0.3) is 5.91 Å². The number of pyridine rings is 1. The lowest BCUT2D eigenvalue weighted by Gasteiger charge is -2.18. The highest BCUT2D eigenvalue weighted by Crippen LogP contribution is 2.09. The first-order valence-electron chi connectivity index (χ1n) is 5.02. The second-order valence-corrected chi connectivity index (χ2v) is 4.40. The third-order valence-electron chi connectivity index (χ3n) is 2.03. The lowest BCUT2D eigenvalue weighted by molar-refractivity contribution is 0.0694. The standard InChI is InChI=1S/C11H17N3O2/c1-7-9(4-8(12)5-13-7)10(15)14-6-11(2,3)16/h4-5,16H,6,12H2,1-3H3,(H,14,15). The van der Waals surface area contributed by atoms with Crippen molar-refractivity contribution in [3.05, 3.63) is 23.5 Å². The number of nitrogens with zero attached hydrogens (tertiary/aromatic N) is 1. The molecule has 0 spiro atoms. The summed E-state index contributed by atoms with van der Waals surface area (Å²) >= 11 is 0. The van der Waals surface area contributed by atoms with Crippen molar-refractivity contribution in [2.75, 3.05) is 12.3 Å². The summed E-state index contributed by atoms with van der Waals surface area (Å²) in [6, 6.07) is 1.57. The smallest absolute Gasteiger partial charge is 0.253 e.